The summed E-state index contributed by atoms with van der Waals surface area (Å²) in [4.78, 5) is 2.44. The maximum atomic E-state index is 9.19. The quantitative estimate of drug-likeness (QED) is 0.716. The first-order valence-electron chi connectivity index (χ1n) is 6.92. The van der Waals surface area contributed by atoms with Crippen LogP contribution in [-0.2, 0) is 4.74 Å². The van der Waals surface area contributed by atoms with Crippen molar-refractivity contribution < 1.29 is 9.84 Å². The van der Waals surface area contributed by atoms with Gasteiger partial charge in [-0.2, -0.15) is 0 Å². The van der Waals surface area contributed by atoms with E-state index in [1.165, 1.54) is 19.3 Å². The summed E-state index contributed by atoms with van der Waals surface area (Å²) in [5.74, 6) is 0. The number of rotatable bonds is 6. The van der Waals surface area contributed by atoms with E-state index in [0.717, 1.165) is 39.1 Å². The maximum Gasteiger partial charge on any atom is 0.0558 e. The van der Waals surface area contributed by atoms with Crippen molar-refractivity contribution >= 4 is 0 Å². The topological polar surface area (TPSA) is 58.7 Å². The fourth-order valence-electron chi connectivity index (χ4n) is 2.96. The van der Waals surface area contributed by atoms with Crippen molar-refractivity contribution in [3.05, 3.63) is 0 Å². The summed E-state index contributed by atoms with van der Waals surface area (Å²) < 4.78 is 5.62. The summed E-state index contributed by atoms with van der Waals surface area (Å²) in [6, 6.07) is 0.674. The van der Waals surface area contributed by atoms with Crippen LogP contribution in [0.25, 0.3) is 0 Å². The smallest absolute Gasteiger partial charge is 0.0558 e. The summed E-state index contributed by atoms with van der Waals surface area (Å²) in [6.07, 6.45) is 6.18. The van der Waals surface area contributed by atoms with E-state index >= 15 is 0 Å². The highest BCUT2D eigenvalue weighted by Crippen LogP contribution is 2.32. The average molecular weight is 242 g/mol. The molecule has 17 heavy (non-hydrogen) atoms. The number of hydrogen-bond acceptors (Lipinski definition) is 4. The minimum Gasteiger partial charge on any atom is -0.395 e. The SMILES string of the molecule is NCC1(CN(CCO)C2CCC2)CCCOC1. The largest absolute Gasteiger partial charge is 0.395 e. The zero-order chi connectivity index (χ0) is 12.1. The lowest BCUT2D eigenvalue weighted by molar-refractivity contribution is -0.0383. The van der Waals surface area contributed by atoms with E-state index in [1.54, 1.807) is 0 Å². The third-order valence-electron chi connectivity index (χ3n) is 4.35. The maximum absolute atomic E-state index is 9.19. The summed E-state index contributed by atoms with van der Waals surface area (Å²) in [7, 11) is 0. The van der Waals surface area contributed by atoms with Gasteiger partial charge >= 0.3 is 0 Å². The van der Waals surface area contributed by atoms with Crippen LogP contribution in [0.5, 0.6) is 0 Å². The monoisotopic (exact) mass is 242 g/mol. The van der Waals surface area contributed by atoms with Crippen LogP contribution in [0.3, 0.4) is 0 Å². The van der Waals surface area contributed by atoms with Crippen molar-refractivity contribution in [1.82, 2.24) is 4.90 Å². The third-order valence-corrected chi connectivity index (χ3v) is 4.35. The molecule has 1 atom stereocenters. The molecule has 1 saturated carbocycles. The predicted molar refractivity (Wildman–Crippen MR) is 67.8 cm³/mol. The third kappa shape index (κ3) is 3.19. The molecule has 1 aliphatic carbocycles. The Kier molecular flexibility index (Phi) is 4.79. The minimum atomic E-state index is 0.128. The molecule has 0 bridgehead atoms. The molecule has 1 unspecified atom stereocenters. The molecule has 3 N–H and O–H groups in total. The molecule has 0 aromatic carbocycles. The van der Waals surface area contributed by atoms with Crippen molar-refractivity contribution in [2.24, 2.45) is 11.1 Å². The van der Waals surface area contributed by atoms with Crippen molar-refractivity contribution in [3.8, 4) is 0 Å². The van der Waals surface area contributed by atoms with Crippen LogP contribution in [0.15, 0.2) is 0 Å². The molecule has 4 nitrogen and oxygen atoms in total. The number of aliphatic hydroxyl groups excluding tert-OH is 1. The van der Waals surface area contributed by atoms with Gasteiger partial charge in [0.1, 0.15) is 0 Å². The first-order chi connectivity index (χ1) is 8.29. The van der Waals surface area contributed by atoms with Gasteiger partial charge in [-0.1, -0.05) is 6.42 Å². The van der Waals surface area contributed by atoms with E-state index in [1.807, 2.05) is 0 Å². The van der Waals surface area contributed by atoms with Gasteiger partial charge < -0.3 is 15.6 Å². The second kappa shape index (κ2) is 6.14. The molecule has 2 rings (SSSR count). The van der Waals surface area contributed by atoms with Crippen LogP contribution in [0.2, 0.25) is 0 Å². The minimum absolute atomic E-state index is 0.128. The number of hydrogen-bond donors (Lipinski definition) is 2. The summed E-state index contributed by atoms with van der Waals surface area (Å²) in [5.41, 5.74) is 6.10. The zero-order valence-electron chi connectivity index (χ0n) is 10.7. The van der Waals surface area contributed by atoms with Gasteiger partial charge in [-0.15, -0.1) is 0 Å². The Hall–Kier alpha value is -0.160. The van der Waals surface area contributed by atoms with Crippen molar-refractivity contribution in [2.45, 2.75) is 38.1 Å². The van der Waals surface area contributed by atoms with E-state index in [-0.39, 0.29) is 12.0 Å². The average Bonchev–Trinajstić information content (AvgIpc) is 2.28. The van der Waals surface area contributed by atoms with Crippen LogP contribution in [0.1, 0.15) is 32.1 Å². The van der Waals surface area contributed by atoms with Crippen LogP contribution in [0.4, 0.5) is 0 Å². The molecule has 1 heterocycles. The molecule has 2 fully saturated rings. The molecule has 1 saturated heterocycles. The first kappa shape index (κ1) is 13.3. The zero-order valence-corrected chi connectivity index (χ0v) is 10.7. The van der Waals surface area contributed by atoms with Gasteiger partial charge in [0.05, 0.1) is 13.2 Å². The Morgan fingerprint density at radius 3 is 2.65 bits per heavy atom. The number of aliphatic hydroxyl groups is 1. The van der Waals surface area contributed by atoms with Gasteiger partial charge in [0.25, 0.3) is 0 Å². The molecule has 0 spiro atoms. The lowest BCUT2D eigenvalue weighted by Crippen LogP contribution is -2.52. The normalized spacial score (nSPS) is 30.5. The molecule has 2 aliphatic rings. The molecule has 0 amide bonds. The molecule has 4 heteroatoms. The van der Waals surface area contributed by atoms with E-state index in [9.17, 15) is 5.11 Å². The number of ether oxygens (including phenoxy) is 1. The Morgan fingerprint density at radius 1 is 1.35 bits per heavy atom. The fraction of sp³-hybridized carbons (Fsp3) is 1.00. The van der Waals surface area contributed by atoms with E-state index < -0.39 is 0 Å². The molecule has 1 aliphatic heterocycles. The number of nitrogens with zero attached hydrogens (tertiary/aromatic N) is 1. The molecular formula is C13H26N2O2. The van der Waals surface area contributed by atoms with Crippen molar-refractivity contribution in [2.75, 3.05) is 39.5 Å². The standard InChI is InChI=1S/C13H26N2O2/c14-9-13(5-2-8-17-11-13)10-15(6-7-16)12-3-1-4-12/h12,16H,1-11,14H2. The number of nitrogens with two attached hydrogens (primary N) is 1. The lowest BCUT2D eigenvalue weighted by atomic mass is 9.80. The summed E-state index contributed by atoms with van der Waals surface area (Å²) in [5, 5.41) is 9.19. The highest BCUT2D eigenvalue weighted by Gasteiger charge is 2.36. The van der Waals surface area contributed by atoms with Crippen LogP contribution in [-0.4, -0.2) is 55.5 Å². The highest BCUT2D eigenvalue weighted by atomic mass is 16.5. The van der Waals surface area contributed by atoms with Crippen LogP contribution >= 0.6 is 0 Å². The van der Waals surface area contributed by atoms with E-state index in [0.29, 0.717) is 12.6 Å². The van der Waals surface area contributed by atoms with Gasteiger partial charge in [-0.3, -0.25) is 4.90 Å². The van der Waals surface area contributed by atoms with Gasteiger partial charge in [0, 0.05) is 37.7 Å². The molecule has 100 valence electrons. The molecular weight excluding hydrogens is 216 g/mol. The molecule has 0 aromatic rings. The van der Waals surface area contributed by atoms with E-state index in [2.05, 4.69) is 4.90 Å². The van der Waals surface area contributed by atoms with Gasteiger partial charge in [-0.25, -0.2) is 0 Å². The Balaban J connectivity index is 1.93. The van der Waals surface area contributed by atoms with Gasteiger partial charge in [0.2, 0.25) is 0 Å². The first-order valence-corrected chi connectivity index (χ1v) is 6.92. The summed E-state index contributed by atoms with van der Waals surface area (Å²) in [6.45, 7) is 4.39. The van der Waals surface area contributed by atoms with Gasteiger partial charge in [0.15, 0.2) is 0 Å². The van der Waals surface area contributed by atoms with Crippen LogP contribution in [0, 0.1) is 5.41 Å². The Morgan fingerprint density at radius 2 is 2.18 bits per heavy atom. The molecule has 0 radical (unpaired) electrons. The van der Waals surface area contributed by atoms with Crippen LogP contribution < -0.4 is 5.73 Å². The van der Waals surface area contributed by atoms with Crippen molar-refractivity contribution in [3.63, 3.8) is 0 Å². The highest BCUT2D eigenvalue weighted by molar-refractivity contribution is 4.90. The summed E-state index contributed by atoms with van der Waals surface area (Å²) >= 11 is 0. The van der Waals surface area contributed by atoms with Gasteiger partial charge in [-0.05, 0) is 25.7 Å². The Bertz CT molecular complexity index is 225. The Labute approximate surface area is 104 Å². The fourth-order valence-corrected chi connectivity index (χ4v) is 2.96. The second-order valence-electron chi connectivity index (χ2n) is 5.64. The van der Waals surface area contributed by atoms with Crippen molar-refractivity contribution in [1.29, 1.82) is 0 Å². The van der Waals surface area contributed by atoms with E-state index in [4.69, 9.17) is 10.5 Å². The lowest BCUT2D eigenvalue weighted by Gasteiger charge is -2.45. The molecule has 0 aromatic heterocycles. The predicted octanol–water partition coefficient (Wildman–Crippen LogP) is 0.589. The second-order valence-corrected chi connectivity index (χ2v) is 5.64.